The Balaban J connectivity index is 0.625. The Hall–Kier alpha value is -7.51. The number of imide groups is 2. The number of aromatic carboxylic acids is 1. The number of nitrogens with one attached hydrogen (secondary N) is 4. The molecule has 410 valence electrons. The molecule has 19 heteroatoms. The number of thiazole rings is 1. The van der Waals surface area contributed by atoms with Crippen LogP contribution < -0.4 is 26.2 Å². The number of hydrogen-bond acceptors (Lipinski definition) is 14. The zero-order valence-electron chi connectivity index (χ0n) is 44.4. The van der Waals surface area contributed by atoms with Crippen LogP contribution in [0, 0.1) is 29.6 Å². The number of fused-ring (bicyclic) bond motifs is 3. The Morgan fingerprint density at radius 3 is 2.39 bits per heavy atom. The van der Waals surface area contributed by atoms with E-state index < -0.39 is 47.3 Å². The van der Waals surface area contributed by atoms with Gasteiger partial charge >= 0.3 is 5.97 Å². The van der Waals surface area contributed by atoms with Crippen LogP contribution >= 0.6 is 11.3 Å². The lowest BCUT2D eigenvalue weighted by Gasteiger charge is -2.61. The number of aliphatic hydroxyl groups excluding tert-OH is 1. The van der Waals surface area contributed by atoms with Crippen molar-refractivity contribution in [3.8, 4) is 11.1 Å². The van der Waals surface area contributed by atoms with Gasteiger partial charge in [-0.2, -0.15) is 5.10 Å². The van der Waals surface area contributed by atoms with Crippen molar-refractivity contribution in [1.29, 1.82) is 0 Å². The van der Waals surface area contributed by atoms with Gasteiger partial charge in [0.2, 0.25) is 17.7 Å². The highest BCUT2D eigenvalue weighted by molar-refractivity contribution is 7.22. The van der Waals surface area contributed by atoms with Gasteiger partial charge in [-0.3, -0.25) is 38.9 Å². The Kier molecular flexibility index (Phi) is 14.1. The number of pyridine rings is 1. The molecule has 3 aliphatic heterocycles. The van der Waals surface area contributed by atoms with Crippen LogP contribution in [0.15, 0.2) is 79.0 Å². The van der Waals surface area contributed by atoms with E-state index >= 15 is 0 Å². The molecule has 7 aliphatic rings. The van der Waals surface area contributed by atoms with E-state index in [2.05, 4.69) is 37.2 Å². The average Bonchev–Trinajstić information content (AvgIpc) is 4.15. The van der Waals surface area contributed by atoms with E-state index in [1.807, 2.05) is 60.1 Å². The molecule has 18 nitrogen and oxygen atoms in total. The van der Waals surface area contributed by atoms with E-state index in [1.165, 1.54) is 11.3 Å². The van der Waals surface area contributed by atoms with Gasteiger partial charge in [0.15, 0.2) is 17.1 Å². The number of amides is 5. The van der Waals surface area contributed by atoms with E-state index in [1.54, 1.807) is 24.4 Å². The van der Waals surface area contributed by atoms with Gasteiger partial charge < -0.3 is 31.1 Å². The predicted molar refractivity (Wildman–Crippen MR) is 298 cm³/mol. The summed E-state index contributed by atoms with van der Waals surface area (Å²) in [7, 11) is 0. The first kappa shape index (κ1) is 52.2. The molecular weight excluding hydrogens is 1020 g/mol. The third kappa shape index (κ3) is 10.0. The van der Waals surface area contributed by atoms with Gasteiger partial charge in [-0.25, -0.2) is 14.8 Å². The number of piperidine rings is 1. The minimum Gasteiger partial charge on any atom is -0.476 e. The predicted octanol–water partition coefficient (Wildman–Crippen LogP) is 8.78. The van der Waals surface area contributed by atoms with Crippen molar-refractivity contribution < 1.29 is 39.0 Å². The molecule has 6 heterocycles. The molecule has 4 aliphatic carbocycles. The number of para-hydroxylation sites is 1. The molecule has 4 bridgehead atoms. The normalized spacial score (nSPS) is 23.4. The number of aliphatic hydroxyl groups is 1. The van der Waals surface area contributed by atoms with Gasteiger partial charge in [0.25, 0.3) is 11.8 Å². The Bertz CT molecular complexity index is 3380. The highest BCUT2D eigenvalue weighted by Gasteiger charge is 2.60. The number of unbranched alkanes of at least 4 members (excludes halogenated alkanes) is 5. The number of carbonyl (C=O) groups is 6. The van der Waals surface area contributed by atoms with Gasteiger partial charge in [-0.05, 0) is 136 Å². The van der Waals surface area contributed by atoms with Crippen LogP contribution in [-0.2, 0) is 33.9 Å². The summed E-state index contributed by atoms with van der Waals surface area (Å²) in [5.41, 5.74) is 6.43. The number of nitrogens with zero attached hydrogens (tertiary/aromatic N) is 6. The van der Waals surface area contributed by atoms with Crippen molar-refractivity contribution in [2.75, 3.05) is 35.2 Å². The highest BCUT2D eigenvalue weighted by Crippen LogP contribution is 2.66. The quantitative estimate of drug-likeness (QED) is 0.0238. The molecule has 6 N–H and O–H groups in total. The second-order valence-electron chi connectivity index (χ2n) is 23.1. The lowest BCUT2D eigenvalue weighted by atomic mass is 9.44. The van der Waals surface area contributed by atoms with Crippen LogP contribution in [-0.4, -0.2) is 96.0 Å². The molecule has 3 aromatic heterocycles. The minimum absolute atomic E-state index is 0.0370. The van der Waals surface area contributed by atoms with E-state index in [-0.39, 0.29) is 41.0 Å². The highest BCUT2D eigenvalue weighted by atomic mass is 32.1. The van der Waals surface area contributed by atoms with Crippen molar-refractivity contribution in [2.24, 2.45) is 22.7 Å². The van der Waals surface area contributed by atoms with Crippen LogP contribution in [0.1, 0.15) is 150 Å². The van der Waals surface area contributed by atoms with E-state index in [9.17, 15) is 39.0 Å². The van der Waals surface area contributed by atoms with E-state index in [4.69, 9.17) is 10.1 Å². The zero-order chi connectivity index (χ0) is 54.6. The number of aromatic nitrogens is 4. The Morgan fingerprint density at radius 1 is 0.835 bits per heavy atom. The number of rotatable bonds is 20. The molecule has 5 amide bonds. The second-order valence-corrected chi connectivity index (χ2v) is 24.1. The maximum Gasteiger partial charge on any atom is 0.355 e. The van der Waals surface area contributed by atoms with Crippen LogP contribution in [0.5, 0.6) is 0 Å². The topological polar surface area (TPSA) is 241 Å². The lowest BCUT2D eigenvalue weighted by Crippen LogP contribution is -2.58. The summed E-state index contributed by atoms with van der Waals surface area (Å²) >= 11 is 1.49. The van der Waals surface area contributed by atoms with Crippen molar-refractivity contribution in [1.82, 2.24) is 35.3 Å². The van der Waals surface area contributed by atoms with Crippen LogP contribution in [0.3, 0.4) is 0 Å². The molecule has 4 saturated carbocycles. The van der Waals surface area contributed by atoms with Crippen molar-refractivity contribution >= 4 is 73.7 Å². The Labute approximate surface area is 461 Å². The van der Waals surface area contributed by atoms with Gasteiger partial charge in [0.1, 0.15) is 11.9 Å². The summed E-state index contributed by atoms with van der Waals surface area (Å²) in [6.45, 7) is 5.03. The van der Waals surface area contributed by atoms with Gasteiger partial charge in [-0.1, -0.05) is 73.4 Å². The molecule has 13 rings (SSSR count). The van der Waals surface area contributed by atoms with Gasteiger partial charge in [0, 0.05) is 67.2 Å². The molecule has 0 spiro atoms. The largest absolute Gasteiger partial charge is 0.476 e. The smallest absolute Gasteiger partial charge is 0.355 e. The van der Waals surface area contributed by atoms with Crippen LogP contribution in [0.25, 0.3) is 21.3 Å². The fourth-order valence-corrected chi connectivity index (χ4v) is 15.4. The van der Waals surface area contributed by atoms with Crippen molar-refractivity contribution in [2.45, 2.75) is 129 Å². The first-order valence-electron chi connectivity index (χ1n) is 28.0. The molecular formula is C60H66N10O8S. The van der Waals surface area contributed by atoms with Crippen molar-refractivity contribution in [3.63, 3.8) is 0 Å². The summed E-state index contributed by atoms with van der Waals surface area (Å²) < 4.78 is 3.07. The molecule has 3 aromatic carbocycles. The SMILES string of the molecule is Cc1c(-c2ccc(N3CCc4cccc(C(O)Nc5nc6ccccc6s5)c4C3)nc2C(=O)O)cnn1CC12CC3CC(C1)CC(C(=O)NCCCCCCCCNc1cccc4c1C(=O)N(C1CCC(=O)NC1=O)C4=O)(C3)C2. The third-order valence-corrected chi connectivity index (χ3v) is 18.7. The van der Waals surface area contributed by atoms with Crippen molar-refractivity contribution in [3.05, 3.63) is 118 Å². The number of carbonyl (C=O) groups excluding carboxylic acids is 5. The summed E-state index contributed by atoms with van der Waals surface area (Å²) in [5.74, 6) is -1.48. The first-order chi connectivity index (χ1) is 38.2. The fourth-order valence-electron chi connectivity index (χ4n) is 14.5. The van der Waals surface area contributed by atoms with E-state index in [0.717, 1.165) is 120 Å². The molecule has 6 aromatic rings. The summed E-state index contributed by atoms with van der Waals surface area (Å²) in [5, 5.41) is 39.8. The molecule has 5 fully saturated rings. The number of carboxylic acids is 1. The summed E-state index contributed by atoms with van der Waals surface area (Å²) in [6, 6.07) is 21.7. The zero-order valence-corrected chi connectivity index (χ0v) is 45.2. The maximum absolute atomic E-state index is 14.3. The van der Waals surface area contributed by atoms with Crippen LogP contribution in [0.4, 0.5) is 16.6 Å². The first-order valence-corrected chi connectivity index (χ1v) is 28.9. The standard InChI is InChI=1S/C60H66N10O8S/c1-35-42(39-18-20-48(65-51(39)56(76)77)68-25-22-38-12-10-13-40(43(38)32-68)52(72)67-58-64-44-15-6-7-17-47(44)79-58)31-63-69(35)34-59-27-36-26-37(28-59)30-60(29-36,33-59)57(78)62-24-9-5-3-2-4-8-23-61-45-16-11-14-41-50(45)55(75)70(54(41)74)46-19-21-49(71)66-53(46)73/h6-7,10-18,20,31,36-37,46,52,61,72H,2-5,8-9,19,21-30,32-34H2,1H3,(H,62,78)(H,64,67)(H,76,77)(H,66,71,73). The molecule has 0 radical (unpaired) electrons. The average molecular weight is 1090 g/mol. The van der Waals surface area contributed by atoms with Gasteiger partial charge in [-0.15, -0.1) is 0 Å². The second kappa shape index (κ2) is 21.3. The van der Waals surface area contributed by atoms with Crippen LogP contribution in [0.2, 0.25) is 0 Å². The fraction of sp³-hybridized carbons (Fsp3) is 0.450. The van der Waals surface area contributed by atoms with E-state index in [0.29, 0.717) is 73.2 Å². The maximum atomic E-state index is 14.3. The summed E-state index contributed by atoms with van der Waals surface area (Å²) in [4.78, 5) is 90.6. The number of carboxylic acid groups (broad SMARTS) is 1. The lowest BCUT2D eigenvalue weighted by molar-refractivity contribution is -0.159. The number of hydrogen-bond donors (Lipinski definition) is 6. The molecule has 4 atom stereocenters. The molecule has 1 saturated heterocycles. The van der Waals surface area contributed by atoms with Gasteiger partial charge in [0.05, 0.1) is 33.0 Å². The monoisotopic (exact) mass is 1090 g/mol. The minimum atomic E-state index is -1.12. The summed E-state index contributed by atoms with van der Waals surface area (Å²) in [6.07, 6.45) is 13.4. The number of benzene rings is 3. The molecule has 4 unspecified atom stereocenters. The third-order valence-electron chi connectivity index (χ3n) is 17.8. The molecule has 79 heavy (non-hydrogen) atoms. The number of anilines is 3. The Morgan fingerprint density at radius 2 is 1.61 bits per heavy atom.